The molecule has 0 fully saturated rings. The van der Waals surface area contributed by atoms with E-state index in [2.05, 4.69) is 17.2 Å². The van der Waals surface area contributed by atoms with E-state index >= 15 is 0 Å². The molecule has 6 heteroatoms. The number of amides is 1. The number of rotatable bonds is 8. The molecule has 0 aliphatic heterocycles. The van der Waals surface area contributed by atoms with Gasteiger partial charge in [0, 0.05) is 5.69 Å². The van der Waals surface area contributed by atoms with Crippen molar-refractivity contribution >= 4 is 28.9 Å². The van der Waals surface area contributed by atoms with Crippen molar-refractivity contribution in [2.24, 2.45) is 0 Å². The van der Waals surface area contributed by atoms with Gasteiger partial charge in [0.1, 0.15) is 18.1 Å². The van der Waals surface area contributed by atoms with Crippen LogP contribution in [0, 0.1) is 0 Å². The summed E-state index contributed by atoms with van der Waals surface area (Å²) in [5, 5.41) is 6.30. The minimum Gasteiger partial charge on any atom is -0.495 e. The average Bonchev–Trinajstić information content (AvgIpc) is 2.59. The first-order valence-corrected chi connectivity index (χ1v) is 7.72. The third kappa shape index (κ3) is 4.93. The summed E-state index contributed by atoms with van der Waals surface area (Å²) >= 11 is 6.05. The van der Waals surface area contributed by atoms with Gasteiger partial charge in [-0.05, 0) is 30.3 Å². The molecule has 126 valence electrons. The Balaban J connectivity index is 1.94. The van der Waals surface area contributed by atoms with Crippen LogP contribution in [-0.4, -0.2) is 26.2 Å². The van der Waals surface area contributed by atoms with E-state index in [4.69, 9.17) is 21.1 Å². The molecule has 2 N–H and O–H groups in total. The SMILES string of the molecule is C=CCOc1ccccc1NC(=O)CNc1ccc(OC)c(Cl)c1. The molecule has 5 nitrogen and oxygen atoms in total. The number of hydrogen-bond donors (Lipinski definition) is 2. The van der Waals surface area contributed by atoms with Crippen LogP contribution in [0.1, 0.15) is 0 Å². The Labute approximate surface area is 146 Å². The van der Waals surface area contributed by atoms with Crippen LogP contribution in [0.15, 0.2) is 55.1 Å². The predicted octanol–water partition coefficient (Wildman–Crippen LogP) is 3.96. The summed E-state index contributed by atoms with van der Waals surface area (Å²) in [4.78, 5) is 12.1. The maximum Gasteiger partial charge on any atom is 0.243 e. The number of methoxy groups -OCH3 is 1. The highest BCUT2D eigenvalue weighted by atomic mass is 35.5. The normalized spacial score (nSPS) is 9.92. The lowest BCUT2D eigenvalue weighted by atomic mass is 10.3. The van der Waals surface area contributed by atoms with Crippen LogP contribution >= 0.6 is 11.6 Å². The predicted molar refractivity (Wildman–Crippen MR) is 97.3 cm³/mol. The number of anilines is 2. The zero-order valence-corrected chi connectivity index (χ0v) is 14.1. The van der Waals surface area contributed by atoms with Crippen molar-refractivity contribution in [1.82, 2.24) is 0 Å². The molecule has 0 aliphatic rings. The number of nitrogens with one attached hydrogen (secondary N) is 2. The van der Waals surface area contributed by atoms with Gasteiger partial charge in [0.15, 0.2) is 0 Å². The van der Waals surface area contributed by atoms with Crippen LogP contribution in [-0.2, 0) is 4.79 Å². The molecule has 2 aromatic carbocycles. The smallest absolute Gasteiger partial charge is 0.243 e. The van der Waals surface area contributed by atoms with E-state index in [1.54, 1.807) is 43.5 Å². The van der Waals surface area contributed by atoms with E-state index in [1.807, 2.05) is 12.1 Å². The van der Waals surface area contributed by atoms with Crippen LogP contribution in [0.3, 0.4) is 0 Å². The van der Waals surface area contributed by atoms with Gasteiger partial charge >= 0.3 is 0 Å². The lowest BCUT2D eigenvalue weighted by molar-refractivity contribution is -0.114. The standard InChI is InChI=1S/C18H19ClN2O3/c1-3-10-24-17-7-5-4-6-15(17)21-18(22)12-20-13-8-9-16(23-2)14(19)11-13/h3-9,11,20H,1,10,12H2,2H3,(H,21,22). The number of ether oxygens (including phenoxy) is 2. The van der Waals surface area contributed by atoms with Gasteiger partial charge in [0.25, 0.3) is 0 Å². The van der Waals surface area contributed by atoms with Gasteiger partial charge in [-0.2, -0.15) is 0 Å². The molecule has 2 rings (SSSR count). The molecule has 0 atom stereocenters. The van der Waals surface area contributed by atoms with Crippen molar-refractivity contribution in [2.75, 3.05) is 30.9 Å². The summed E-state index contributed by atoms with van der Waals surface area (Å²) in [6, 6.07) is 12.5. The maximum absolute atomic E-state index is 12.1. The van der Waals surface area contributed by atoms with Gasteiger partial charge in [-0.15, -0.1) is 0 Å². The summed E-state index contributed by atoms with van der Waals surface area (Å²) in [7, 11) is 1.55. The summed E-state index contributed by atoms with van der Waals surface area (Å²) < 4.78 is 10.6. The first kappa shape index (κ1) is 17.7. The Bertz CT molecular complexity index is 719. The highest BCUT2D eigenvalue weighted by Gasteiger charge is 2.08. The molecule has 0 heterocycles. The van der Waals surface area contributed by atoms with Gasteiger partial charge in [-0.3, -0.25) is 4.79 Å². The number of carbonyl (C=O) groups excluding carboxylic acids is 1. The topological polar surface area (TPSA) is 59.6 Å². The lowest BCUT2D eigenvalue weighted by Gasteiger charge is -2.12. The second kappa shape index (κ2) is 8.84. The Hall–Kier alpha value is -2.66. The molecule has 1 amide bonds. The molecule has 0 spiro atoms. The van der Waals surface area contributed by atoms with E-state index in [0.29, 0.717) is 28.8 Å². The van der Waals surface area contributed by atoms with E-state index in [1.165, 1.54) is 0 Å². The largest absolute Gasteiger partial charge is 0.495 e. The van der Waals surface area contributed by atoms with Crippen LogP contribution in [0.5, 0.6) is 11.5 Å². The van der Waals surface area contributed by atoms with Crippen molar-refractivity contribution in [2.45, 2.75) is 0 Å². The molecule has 0 aromatic heterocycles. The molecule has 0 saturated heterocycles. The van der Waals surface area contributed by atoms with Crippen molar-refractivity contribution in [3.8, 4) is 11.5 Å². The fourth-order valence-corrected chi connectivity index (χ4v) is 2.26. The van der Waals surface area contributed by atoms with Crippen molar-refractivity contribution < 1.29 is 14.3 Å². The molecule has 0 radical (unpaired) electrons. The Kier molecular flexibility index (Phi) is 6.51. The first-order chi connectivity index (χ1) is 11.6. The Morgan fingerprint density at radius 3 is 2.75 bits per heavy atom. The summed E-state index contributed by atoms with van der Waals surface area (Å²) in [5.41, 5.74) is 1.34. The molecule has 0 aliphatic carbocycles. The number of halogens is 1. The van der Waals surface area contributed by atoms with E-state index in [-0.39, 0.29) is 12.5 Å². The maximum atomic E-state index is 12.1. The fraction of sp³-hybridized carbons (Fsp3) is 0.167. The number of benzene rings is 2. The molecule has 0 unspecified atom stereocenters. The van der Waals surface area contributed by atoms with Crippen LogP contribution < -0.4 is 20.1 Å². The monoisotopic (exact) mass is 346 g/mol. The lowest BCUT2D eigenvalue weighted by Crippen LogP contribution is -2.22. The minimum atomic E-state index is -0.198. The average molecular weight is 347 g/mol. The van der Waals surface area contributed by atoms with Gasteiger partial charge < -0.3 is 20.1 Å². The minimum absolute atomic E-state index is 0.0957. The fourth-order valence-electron chi connectivity index (χ4n) is 2.00. The van der Waals surface area contributed by atoms with Crippen LogP contribution in [0.25, 0.3) is 0 Å². The van der Waals surface area contributed by atoms with E-state index < -0.39 is 0 Å². The third-order valence-corrected chi connectivity index (χ3v) is 3.42. The first-order valence-electron chi connectivity index (χ1n) is 7.34. The van der Waals surface area contributed by atoms with Gasteiger partial charge in [-0.1, -0.05) is 36.4 Å². The van der Waals surface area contributed by atoms with Crippen LogP contribution in [0.4, 0.5) is 11.4 Å². The molecule has 2 aromatic rings. The molecule has 0 saturated carbocycles. The summed E-state index contributed by atoms with van der Waals surface area (Å²) in [6.07, 6.45) is 1.65. The van der Waals surface area contributed by atoms with Crippen molar-refractivity contribution in [3.63, 3.8) is 0 Å². The molecular formula is C18H19ClN2O3. The highest BCUT2D eigenvalue weighted by molar-refractivity contribution is 6.32. The molecule has 24 heavy (non-hydrogen) atoms. The van der Waals surface area contributed by atoms with Gasteiger partial charge in [0.2, 0.25) is 5.91 Å². The molecule has 0 bridgehead atoms. The molecular weight excluding hydrogens is 328 g/mol. The number of carbonyl (C=O) groups is 1. The zero-order valence-electron chi connectivity index (χ0n) is 13.3. The Morgan fingerprint density at radius 2 is 2.04 bits per heavy atom. The zero-order chi connectivity index (χ0) is 17.4. The van der Waals surface area contributed by atoms with E-state index in [0.717, 1.165) is 5.69 Å². The van der Waals surface area contributed by atoms with Gasteiger partial charge in [0.05, 0.1) is 24.4 Å². The quantitative estimate of drug-likeness (QED) is 0.710. The number of para-hydroxylation sites is 2. The second-order valence-corrected chi connectivity index (χ2v) is 5.25. The van der Waals surface area contributed by atoms with Crippen molar-refractivity contribution in [3.05, 3.63) is 60.1 Å². The summed E-state index contributed by atoms with van der Waals surface area (Å²) in [5.74, 6) is 0.981. The number of hydrogen-bond acceptors (Lipinski definition) is 4. The summed E-state index contributed by atoms with van der Waals surface area (Å²) in [6.45, 7) is 4.07. The highest BCUT2D eigenvalue weighted by Crippen LogP contribution is 2.27. The Morgan fingerprint density at radius 1 is 1.25 bits per heavy atom. The van der Waals surface area contributed by atoms with E-state index in [9.17, 15) is 4.79 Å². The van der Waals surface area contributed by atoms with Crippen LogP contribution in [0.2, 0.25) is 5.02 Å². The van der Waals surface area contributed by atoms with Gasteiger partial charge in [-0.25, -0.2) is 0 Å². The van der Waals surface area contributed by atoms with Crippen molar-refractivity contribution in [1.29, 1.82) is 0 Å². The second-order valence-electron chi connectivity index (χ2n) is 4.85. The third-order valence-electron chi connectivity index (χ3n) is 3.12.